The van der Waals surface area contributed by atoms with Crippen LogP contribution in [0.1, 0.15) is 50.1 Å². The lowest BCUT2D eigenvalue weighted by molar-refractivity contribution is 0.474. The number of para-hydroxylation sites is 6. The van der Waals surface area contributed by atoms with E-state index in [9.17, 15) is 0 Å². The van der Waals surface area contributed by atoms with Crippen molar-refractivity contribution in [3.8, 4) is 34.5 Å². The van der Waals surface area contributed by atoms with Gasteiger partial charge in [0.1, 0.15) is 34.5 Å². The van der Waals surface area contributed by atoms with E-state index in [1.807, 2.05) is 72.8 Å². The smallest absolute Gasteiger partial charge is 0.135 e. The van der Waals surface area contributed by atoms with Crippen molar-refractivity contribution in [3.63, 3.8) is 0 Å². The van der Waals surface area contributed by atoms with E-state index in [1.54, 1.807) is 0 Å². The molecule has 9 aromatic carbocycles. The van der Waals surface area contributed by atoms with Crippen molar-refractivity contribution >= 4 is 52.0 Å². The highest BCUT2D eigenvalue weighted by molar-refractivity contribution is 5.99. The zero-order chi connectivity index (χ0) is 42.4. The zero-order valence-electron chi connectivity index (χ0n) is 34.7. The molecule has 0 aromatic heterocycles. The van der Waals surface area contributed by atoms with E-state index >= 15 is 0 Å². The number of hydrogen-bond donors (Lipinski definition) is 0. The van der Waals surface area contributed by atoms with Gasteiger partial charge in [0.25, 0.3) is 0 Å². The molecule has 3 aliphatic rings. The van der Waals surface area contributed by atoms with Gasteiger partial charge in [-0.05, 0) is 124 Å². The SMILES string of the molecule is C(=C1c2ccccc2Oc2ccccc21)c1ccc(N(c2ccc(C=C3c4ccccc4Oc4ccccc43)cc2)c2ccc(C=C3c4ccccc4Oc4ccccc43)cc2)cc1. The van der Waals surface area contributed by atoms with Crippen LogP contribution < -0.4 is 19.1 Å². The first-order valence-electron chi connectivity index (χ1n) is 21.6. The highest BCUT2D eigenvalue weighted by Gasteiger charge is 2.24. The summed E-state index contributed by atoms with van der Waals surface area (Å²) in [5.74, 6) is 5.19. The van der Waals surface area contributed by atoms with E-state index in [1.165, 1.54) is 0 Å². The van der Waals surface area contributed by atoms with Gasteiger partial charge in [-0.1, -0.05) is 146 Å². The van der Waals surface area contributed by atoms with Crippen LogP contribution in [0.25, 0.3) is 34.9 Å². The number of ether oxygens (including phenoxy) is 3. The molecule has 0 fully saturated rings. The number of benzene rings is 9. The third-order valence-corrected chi connectivity index (χ3v) is 12.1. The summed E-state index contributed by atoms with van der Waals surface area (Å²) in [5.41, 5.74) is 16.3. The minimum Gasteiger partial charge on any atom is -0.456 e. The zero-order valence-corrected chi connectivity index (χ0v) is 34.7. The molecule has 0 unspecified atom stereocenters. The molecule has 9 aromatic rings. The first-order valence-corrected chi connectivity index (χ1v) is 21.6. The molecule has 0 saturated carbocycles. The van der Waals surface area contributed by atoms with Crippen LogP contribution in [0.5, 0.6) is 34.5 Å². The third kappa shape index (κ3) is 6.75. The summed E-state index contributed by atoms with van der Waals surface area (Å²) in [6.45, 7) is 0. The van der Waals surface area contributed by atoms with Gasteiger partial charge in [0, 0.05) is 50.4 Å². The summed E-state index contributed by atoms with van der Waals surface area (Å²) < 4.78 is 18.9. The maximum atomic E-state index is 6.29. The molecule has 3 heterocycles. The highest BCUT2D eigenvalue weighted by Crippen LogP contribution is 2.47. The predicted octanol–water partition coefficient (Wildman–Crippen LogP) is 16.2. The van der Waals surface area contributed by atoms with Crippen LogP contribution in [0.2, 0.25) is 0 Å². The molecule has 302 valence electrons. The molecule has 3 aliphatic heterocycles. The Bertz CT molecular complexity index is 2840. The fourth-order valence-corrected chi connectivity index (χ4v) is 9.03. The van der Waals surface area contributed by atoms with E-state index in [0.29, 0.717) is 0 Å². The van der Waals surface area contributed by atoms with Crippen LogP contribution >= 0.6 is 0 Å². The molecule has 0 amide bonds. The normalized spacial score (nSPS) is 12.7. The van der Waals surface area contributed by atoms with Gasteiger partial charge in [-0.25, -0.2) is 0 Å². The lowest BCUT2D eigenvalue weighted by atomic mass is 9.92. The van der Waals surface area contributed by atoms with Crippen molar-refractivity contribution in [2.24, 2.45) is 0 Å². The van der Waals surface area contributed by atoms with Crippen molar-refractivity contribution in [3.05, 3.63) is 268 Å². The maximum absolute atomic E-state index is 6.29. The van der Waals surface area contributed by atoms with Crippen LogP contribution in [-0.2, 0) is 0 Å². The quantitative estimate of drug-likeness (QED) is 0.167. The second-order valence-electron chi connectivity index (χ2n) is 16.1. The second kappa shape index (κ2) is 15.7. The van der Waals surface area contributed by atoms with E-state index in [-0.39, 0.29) is 0 Å². The molecule has 64 heavy (non-hydrogen) atoms. The van der Waals surface area contributed by atoms with Gasteiger partial charge in [-0.15, -0.1) is 0 Å². The third-order valence-electron chi connectivity index (χ3n) is 12.1. The van der Waals surface area contributed by atoms with Gasteiger partial charge < -0.3 is 19.1 Å². The Morgan fingerprint density at radius 2 is 0.438 bits per heavy atom. The first kappa shape index (κ1) is 37.2. The summed E-state index contributed by atoms with van der Waals surface area (Å²) in [6, 6.07) is 76.0. The highest BCUT2D eigenvalue weighted by atomic mass is 16.5. The standard InChI is InChI=1S/C60H39NO3/c1-7-19-55-46(13-1)52(47-14-2-8-20-56(47)62-55)37-40-25-31-43(32-26-40)61(44-33-27-41(28-34-44)38-53-48-15-3-9-21-57(48)63-58-22-10-4-16-49(53)58)45-35-29-42(30-36-45)39-54-50-17-5-11-23-59(50)64-60-24-12-6-18-51(54)60/h1-39H. The van der Waals surface area contributed by atoms with Gasteiger partial charge in [-0.3, -0.25) is 0 Å². The van der Waals surface area contributed by atoms with Crippen molar-refractivity contribution in [1.29, 1.82) is 0 Å². The van der Waals surface area contributed by atoms with E-state index in [0.717, 1.165) is 118 Å². The van der Waals surface area contributed by atoms with Crippen molar-refractivity contribution in [1.82, 2.24) is 0 Å². The number of hydrogen-bond acceptors (Lipinski definition) is 4. The minimum atomic E-state index is 0.865. The molecule has 12 rings (SSSR count). The van der Waals surface area contributed by atoms with Crippen LogP contribution in [0.3, 0.4) is 0 Å². The fraction of sp³-hybridized carbons (Fsp3) is 0. The molecular weight excluding hydrogens is 783 g/mol. The molecule has 0 saturated heterocycles. The molecule has 0 N–H and O–H groups in total. The van der Waals surface area contributed by atoms with Crippen molar-refractivity contribution in [2.75, 3.05) is 4.90 Å². The van der Waals surface area contributed by atoms with Gasteiger partial charge >= 0.3 is 0 Å². The Balaban J connectivity index is 0.931. The van der Waals surface area contributed by atoms with E-state index in [2.05, 4.69) is 169 Å². The van der Waals surface area contributed by atoms with Gasteiger partial charge in [0.15, 0.2) is 0 Å². The number of rotatable bonds is 6. The number of nitrogens with zero attached hydrogens (tertiary/aromatic N) is 1. The Hall–Kier alpha value is -8.60. The monoisotopic (exact) mass is 821 g/mol. The molecular formula is C60H39NO3. The average Bonchev–Trinajstić information content (AvgIpc) is 3.35. The van der Waals surface area contributed by atoms with E-state index in [4.69, 9.17) is 14.2 Å². The molecule has 4 nitrogen and oxygen atoms in total. The lowest BCUT2D eigenvalue weighted by Gasteiger charge is -2.26. The van der Waals surface area contributed by atoms with Crippen molar-refractivity contribution in [2.45, 2.75) is 0 Å². The Labute approximate surface area is 372 Å². The van der Waals surface area contributed by atoms with Crippen LogP contribution in [0, 0.1) is 0 Å². The van der Waals surface area contributed by atoms with Crippen LogP contribution in [-0.4, -0.2) is 0 Å². The van der Waals surface area contributed by atoms with Crippen molar-refractivity contribution < 1.29 is 14.2 Å². The lowest BCUT2D eigenvalue weighted by Crippen LogP contribution is -2.10. The Kier molecular flexibility index (Phi) is 9.12. The number of anilines is 3. The summed E-state index contributed by atoms with van der Waals surface area (Å²) in [6.07, 6.45) is 6.79. The summed E-state index contributed by atoms with van der Waals surface area (Å²) in [5, 5.41) is 0. The van der Waals surface area contributed by atoms with Crippen LogP contribution in [0.15, 0.2) is 218 Å². The minimum absolute atomic E-state index is 0.865. The van der Waals surface area contributed by atoms with Gasteiger partial charge in [0.2, 0.25) is 0 Å². The first-order chi connectivity index (χ1) is 31.7. The molecule has 0 atom stereocenters. The largest absolute Gasteiger partial charge is 0.456 e. The van der Waals surface area contributed by atoms with E-state index < -0.39 is 0 Å². The summed E-state index contributed by atoms with van der Waals surface area (Å²) in [7, 11) is 0. The van der Waals surface area contributed by atoms with Gasteiger partial charge in [0.05, 0.1) is 0 Å². The fourth-order valence-electron chi connectivity index (χ4n) is 9.03. The Morgan fingerprint density at radius 3 is 0.656 bits per heavy atom. The topological polar surface area (TPSA) is 30.9 Å². The average molecular weight is 822 g/mol. The summed E-state index contributed by atoms with van der Waals surface area (Å²) >= 11 is 0. The molecule has 0 bridgehead atoms. The molecule has 0 spiro atoms. The second-order valence-corrected chi connectivity index (χ2v) is 16.1. The van der Waals surface area contributed by atoms with Gasteiger partial charge in [-0.2, -0.15) is 0 Å². The maximum Gasteiger partial charge on any atom is 0.135 e. The Morgan fingerprint density at radius 1 is 0.234 bits per heavy atom. The molecule has 4 heteroatoms. The molecule has 0 radical (unpaired) electrons. The number of fused-ring (bicyclic) bond motifs is 6. The predicted molar refractivity (Wildman–Crippen MR) is 261 cm³/mol. The van der Waals surface area contributed by atoms with Crippen LogP contribution in [0.4, 0.5) is 17.1 Å². The summed E-state index contributed by atoms with van der Waals surface area (Å²) in [4.78, 5) is 2.32. The molecule has 0 aliphatic carbocycles.